The standard InChI is InChI=1S/C6H14N2O/c1-8-3-2-7-4-6(9)5-8/h6-7,9H,2-5H2,1H3. The molecule has 1 saturated heterocycles. The van der Waals surface area contributed by atoms with E-state index < -0.39 is 0 Å². The Kier molecular flexibility index (Phi) is 2.45. The molecule has 0 aromatic carbocycles. The van der Waals surface area contributed by atoms with Crippen LogP contribution in [0.2, 0.25) is 0 Å². The number of β-amino-alcohol motifs (C(OH)–C–C–N with tert-alkyl or cyclic N) is 1. The molecule has 1 aliphatic rings. The Hall–Kier alpha value is -0.120. The molecule has 0 amide bonds. The van der Waals surface area contributed by atoms with Crippen molar-refractivity contribution < 1.29 is 5.11 Å². The Labute approximate surface area is 55.7 Å². The van der Waals surface area contributed by atoms with Crippen molar-refractivity contribution in [1.29, 1.82) is 0 Å². The molecular weight excluding hydrogens is 116 g/mol. The molecule has 1 rings (SSSR count). The van der Waals surface area contributed by atoms with E-state index in [-0.39, 0.29) is 6.10 Å². The topological polar surface area (TPSA) is 35.5 Å². The lowest BCUT2D eigenvalue weighted by Gasteiger charge is -2.13. The van der Waals surface area contributed by atoms with Gasteiger partial charge in [-0.25, -0.2) is 0 Å². The van der Waals surface area contributed by atoms with E-state index in [2.05, 4.69) is 10.2 Å². The predicted molar refractivity (Wildman–Crippen MR) is 36.4 cm³/mol. The van der Waals surface area contributed by atoms with Crippen molar-refractivity contribution in [3.63, 3.8) is 0 Å². The van der Waals surface area contributed by atoms with Gasteiger partial charge in [-0.15, -0.1) is 0 Å². The number of nitrogens with one attached hydrogen (secondary N) is 1. The average molecular weight is 130 g/mol. The molecule has 0 spiro atoms. The van der Waals surface area contributed by atoms with E-state index >= 15 is 0 Å². The van der Waals surface area contributed by atoms with Gasteiger partial charge in [0.25, 0.3) is 0 Å². The van der Waals surface area contributed by atoms with Crippen molar-refractivity contribution in [2.75, 3.05) is 33.2 Å². The minimum atomic E-state index is -0.183. The zero-order valence-corrected chi connectivity index (χ0v) is 5.80. The van der Waals surface area contributed by atoms with Crippen LogP contribution in [0.15, 0.2) is 0 Å². The monoisotopic (exact) mass is 130 g/mol. The largest absolute Gasteiger partial charge is 0.390 e. The summed E-state index contributed by atoms with van der Waals surface area (Å²) < 4.78 is 0. The van der Waals surface area contributed by atoms with Gasteiger partial charge < -0.3 is 15.3 Å². The van der Waals surface area contributed by atoms with Crippen LogP contribution in [-0.4, -0.2) is 49.3 Å². The van der Waals surface area contributed by atoms with Gasteiger partial charge in [0.05, 0.1) is 6.10 Å². The van der Waals surface area contributed by atoms with Crippen molar-refractivity contribution in [2.24, 2.45) is 0 Å². The third-order valence-corrected chi connectivity index (χ3v) is 1.57. The van der Waals surface area contributed by atoms with Gasteiger partial charge in [0, 0.05) is 26.2 Å². The van der Waals surface area contributed by atoms with Crippen LogP contribution in [0.5, 0.6) is 0 Å². The lowest BCUT2D eigenvalue weighted by atomic mass is 10.3. The molecule has 0 bridgehead atoms. The van der Waals surface area contributed by atoms with Gasteiger partial charge in [-0.3, -0.25) is 0 Å². The maximum Gasteiger partial charge on any atom is 0.0791 e. The highest BCUT2D eigenvalue weighted by atomic mass is 16.3. The first kappa shape index (κ1) is 6.99. The van der Waals surface area contributed by atoms with Gasteiger partial charge in [-0.1, -0.05) is 0 Å². The zero-order chi connectivity index (χ0) is 6.69. The second-order valence-corrected chi connectivity index (χ2v) is 2.62. The molecule has 3 nitrogen and oxygen atoms in total. The lowest BCUT2D eigenvalue weighted by Crippen LogP contribution is -2.29. The van der Waals surface area contributed by atoms with Gasteiger partial charge in [0.15, 0.2) is 0 Å². The Morgan fingerprint density at radius 1 is 1.67 bits per heavy atom. The first-order valence-corrected chi connectivity index (χ1v) is 3.36. The third-order valence-electron chi connectivity index (χ3n) is 1.57. The normalized spacial score (nSPS) is 32.0. The van der Waals surface area contributed by atoms with Crippen LogP contribution < -0.4 is 5.32 Å². The van der Waals surface area contributed by atoms with Crippen molar-refractivity contribution in [3.8, 4) is 0 Å². The van der Waals surface area contributed by atoms with Gasteiger partial charge in [0.1, 0.15) is 0 Å². The number of nitrogens with zero attached hydrogens (tertiary/aromatic N) is 1. The van der Waals surface area contributed by atoms with E-state index in [1.165, 1.54) is 0 Å². The third kappa shape index (κ3) is 2.30. The van der Waals surface area contributed by atoms with Crippen molar-refractivity contribution >= 4 is 0 Å². The first-order chi connectivity index (χ1) is 4.29. The van der Waals surface area contributed by atoms with E-state index in [0.717, 1.165) is 26.2 Å². The molecule has 0 saturated carbocycles. The summed E-state index contributed by atoms with van der Waals surface area (Å²) in [6, 6.07) is 0. The number of hydrogen-bond acceptors (Lipinski definition) is 3. The summed E-state index contributed by atoms with van der Waals surface area (Å²) in [7, 11) is 2.02. The minimum Gasteiger partial charge on any atom is -0.390 e. The highest BCUT2D eigenvalue weighted by molar-refractivity contribution is 4.69. The summed E-state index contributed by atoms with van der Waals surface area (Å²) in [5.41, 5.74) is 0. The second kappa shape index (κ2) is 3.15. The van der Waals surface area contributed by atoms with E-state index in [1.807, 2.05) is 7.05 Å². The number of aliphatic hydroxyl groups is 1. The van der Waals surface area contributed by atoms with Crippen LogP contribution in [-0.2, 0) is 0 Å². The molecule has 0 aliphatic carbocycles. The van der Waals surface area contributed by atoms with E-state index in [9.17, 15) is 0 Å². The van der Waals surface area contributed by atoms with Crippen molar-refractivity contribution in [2.45, 2.75) is 6.10 Å². The molecule has 0 aromatic heterocycles. The molecule has 3 heteroatoms. The Balaban J connectivity index is 2.29. The van der Waals surface area contributed by atoms with E-state index in [4.69, 9.17) is 5.11 Å². The van der Waals surface area contributed by atoms with Crippen molar-refractivity contribution in [1.82, 2.24) is 10.2 Å². The van der Waals surface area contributed by atoms with Crippen LogP contribution in [0.3, 0.4) is 0 Å². The number of rotatable bonds is 0. The summed E-state index contributed by atoms with van der Waals surface area (Å²) in [6.07, 6.45) is -0.183. The molecule has 2 N–H and O–H groups in total. The summed E-state index contributed by atoms with van der Waals surface area (Å²) in [5.74, 6) is 0. The summed E-state index contributed by atoms with van der Waals surface area (Å²) in [5, 5.41) is 12.3. The molecule has 9 heavy (non-hydrogen) atoms. The highest BCUT2D eigenvalue weighted by Gasteiger charge is 2.10. The molecule has 54 valence electrons. The predicted octanol–water partition coefficient (Wildman–Crippen LogP) is -1.12. The number of likely N-dealkylation sites (N-methyl/N-ethyl adjacent to an activating group) is 1. The van der Waals surface area contributed by atoms with Crippen LogP contribution in [0.1, 0.15) is 0 Å². The quantitative estimate of drug-likeness (QED) is 0.436. The van der Waals surface area contributed by atoms with Gasteiger partial charge >= 0.3 is 0 Å². The van der Waals surface area contributed by atoms with Gasteiger partial charge in [-0.2, -0.15) is 0 Å². The fraction of sp³-hybridized carbons (Fsp3) is 1.00. The molecule has 1 aliphatic heterocycles. The fourth-order valence-corrected chi connectivity index (χ4v) is 1.05. The maximum atomic E-state index is 9.16. The smallest absolute Gasteiger partial charge is 0.0791 e. The molecule has 1 fully saturated rings. The Morgan fingerprint density at radius 2 is 2.44 bits per heavy atom. The lowest BCUT2D eigenvalue weighted by molar-refractivity contribution is 0.143. The highest BCUT2D eigenvalue weighted by Crippen LogP contribution is 1.90. The van der Waals surface area contributed by atoms with Crippen LogP contribution in [0.4, 0.5) is 0 Å². The van der Waals surface area contributed by atoms with Crippen LogP contribution in [0, 0.1) is 0 Å². The van der Waals surface area contributed by atoms with Crippen LogP contribution >= 0.6 is 0 Å². The van der Waals surface area contributed by atoms with Gasteiger partial charge in [0.2, 0.25) is 0 Å². The zero-order valence-electron chi connectivity index (χ0n) is 5.80. The van der Waals surface area contributed by atoms with Gasteiger partial charge in [-0.05, 0) is 7.05 Å². The average Bonchev–Trinajstić information content (AvgIpc) is 1.93. The van der Waals surface area contributed by atoms with E-state index in [1.54, 1.807) is 0 Å². The van der Waals surface area contributed by atoms with Crippen molar-refractivity contribution in [3.05, 3.63) is 0 Å². The van der Waals surface area contributed by atoms with E-state index in [0.29, 0.717) is 0 Å². The molecule has 1 atom stereocenters. The Morgan fingerprint density at radius 3 is 3.22 bits per heavy atom. The molecule has 1 heterocycles. The molecule has 0 radical (unpaired) electrons. The number of aliphatic hydroxyl groups excluding tert-OH is 1. The molecule has 0 aromatic rings. The summed E-state index contributed by atoms with van der Waals surface area (Å²) >= 11 is 0. The number of hydrogen-bond donors (Lipinski definition) is 2. The van der Waals surface area contributed by atoms with Crippen LogP contribution in [0.25, 0.3) is 0 Å². The second-order valence-electron chi connectivity index (χ2n) is 2.62. The molecular formula is C6H14N2O. The Bertz CT molecular complexity index is 77.1. The minimum absolute atomic E-state index is 0.183. The maximum absolute atomic E-state index is 9.16. The fourth-order valence-electron chi connectivity index (χ4n) is 1.05. The first-order valence-electron chi connectivity index (χ1n) is 3.36. The molecule has 1 unspecified atom stereocenters. The summed E-state index contributed by atoms with van der Waals surface area (Å²) in [4.78, 5) is 2.13. The summed E-state index contributed by atoms with van der Waals surface area (Å²) in [6.45, 7) is 3.57. The SMILES string of the molecule is CN1CCNCC(O)C1.